The number of Topliss-reactive ketones (excluding diaryl/α,β-unsaturated/α-hetero) is 1. The van der Waals surface area contributed by atoms with Gasteiger partial charge in [-0.05, 0) is 69.1 Å². The first kappa shape index (κ1) is 20.5. The number of likely N-dealkylation sites (tertiary alicyclic amines) is 1. The van der Waals surface area contributed by atoms with Crippen LogP contribution in [0.3, 0.4) is 0 Å². The summed E-state index contributed by atoms with van der Waals surface area (Å²) in [6, 6.07) is -0.0957. The molecule has 7 heteroatoms. The number of ether oxygens (including phenoxy) is 2. The van der Waals surface area contributed by atoms with Gasteiger partial charge in [0.25, 0.3) is 0 Å². The Kier molecular flexibility index (Phi) is 5.51. The number of rotatable bonds is 5. The van der Waals surface area contributed by atoms with Crippen LogP contribution in [0, 0.1) is 29.1 Å². The van der Waals surface area contributed by atoms with Crippen LogP contribution in [0.5, 0.6) is 0 Å². The van der Waals surface area contributed by atoms with E-state index in [-0.39, 0.29) is 23.7 Å². The molecule has 162 valence electrons. The second kappa shape index (κ2) is 7.80. The fraction of sp³-hybridized carbons (Fsp3) is 0.864. The number of carbonyl (C=O) groups excluding carboxylic acids is 3. The van der Waals surface area contributed by atoms with Crippen molar-refractivity contribution >= 4 is 18.0 Å². The highest BCUT2D eigenvalue weighted by Crippen LogP contribution is 2.61. The zero-order valence-electron chi connectivity index (χ0n) is 17.8. The molecular formula is C22H34N2O5. The molecular weight excluding hydrogens is 372 g/mol. The van der Waals surface area contributed by atoms with Gasteiger partial charge in [-0.15, -0.1) is 0 Å². The minimum absolute atomic E-state index is 0.0606. The van der Waals surface area contributed by atoms with Crippen LogP contribution in [0.1, 0.15) is 59.3 Å². The molecule has 3 atom stereocenters. The molecule has 0 aromatic rings. The Morgan fingerprint density at radius 1 is 1.14 bits per heavy atom. The van der Waals surface area contributed by atoms with Gasteiger partial charge in [0.15, 0.2) is 0 Å². The van der Waals surface area contributed by atoms with Gasteiger partial charge >= 0.3 is 12.2 Å². The van der Waals surface area contributed by atoms with Crippen molar-refractivity contribution in [2.45, 2.75) is 71.4 Å². The summed E-state index contributed by atoms with van der Waals surface area (Å²) in [5.41, 5.74) is -0.154. The molecule has 0 aromatic heterocycles. The summed E-state index contributed by atoms with van der Waals surface area (Å²) in [4.78, 5) is 38.6. The van der Waals surface area contributed by atoms with Crippen molar-refractivity contribution in [1.29, 1.82) is 0 Å². The smallest absolute Gasteiger partial charge is 0.410 e. The maximum absolute atomic E-state index is 12.8. The van der Waals surface area contributed by atoms with Crippen LogP contribution in [0.25, 0.3) is 0 Å². The number of hydrogen-bond donors (Lipinski definition) is 1. The number of nitrogens with one attached hydrogen (secondary N) is 1. The monoisotopic (exact) mass is 406 g/mol. The molecule has 5 fully saturated rings. The summed E-state index contributed by atoms with van der Waals surface area (Å²) in [5.74, 6) is 1.86. The highest BCUT2D eigenvalue weighted by Gasteiger charge is 2.58. The first-order chi connectivity index (χ1) is 13.8. The quantitative estimate of drug-likeness (QED) is 0.757. The summed E-state index contributed by atoms with van der Waals surface area (Å²) in [6.07, 6.45) is 4.88. The lowest BCUT2D eigenvalue weighted by Gasteiger charge is -2.58. The number of ketones is 1. The van der Waals surface area contributed by atoms with E-state index in [0.29, 0.717) is 55.6 Å². The van der Waals surface area contributed by atoms with E-state index in [1.54, 1.807) is 11.8 Å². The number of hydrogen-bond acceptors (Lipinski definition) is 5. The van der Waals surface area contributed by atoms with Crippen LogP contribution in [0.15, 0.2) is 0 Å². The van der Waals surface area contributed by atoms with Crippen molar-refractivity contribution in [3.8, 4) is 0 Å². The molecule has 7 nitrogen and oxygen atoms in total. The molecule has 4 bridgehead atoms. The van der Waals surface area contributed by atoms with Crippen molar-refractivity contribution in [1.82, 2.24) is 10.2 Å². The molecule has 5 aliphatic rings. The molecule has 2 amide bonds. The Balaban J connectivity index is 1.29. The van der Waals surface area contributed by atoms with Crippen LogP contribution in [0.2, 0.25) is 0 Å². The van der Waals surface area contributed by atoms with E-state index >= 15 is 0 Å². The Hall–Kier alpha value is -1.79. The summed E-state index contributed by atoms with van der Waals surface area (Å²) >= 11 is 0. The molecule has 4 saturated carbocycles. The first-order valence-electron chi connectivity index (χ1n) is 11.2. The van der Waals surface area contributed by atoms with E-state index in [9.17, 15) is 14.4 Å². The zero-order chi connectivity index (χ0) is 20.8. The number of alkyl carbamates (subject to hydrolysis) is 1. The lowest BCUT2D eigenvalue weighted by Crippen LogP contribution is -2.57. The molecule has 5 rings (SSSR count). The third kappa shape index (κ3) is 4.10. The summed E-state index contributed by atoms with van der Waals surface area (Å²) < 4.78 is 11.2. The van der Waals surface area contributed by atoms with E-state index in [1.807, 2.05) is 13.8 Å². The van der Waals surface area contributed by atoms with E-state index in [1.165, 1.54) is 0 Å². The topological polar surface area (TPSA) is 84.9 Å². The molecule has 1 saturated heterocycles. The maximum Gasteiger partial charge on any atom is 0.410 e. The molecule has 2 unspecified atom stereocenters. The average molecular weight is 407 g/mol. The number of nitrogens with zero attached hydrogens (tertiary/aromatic N) is 1. The van der Waals surface area contributed by atoms with Crippen molar-refractivity contribution < 1.29 is 23.9 Å². The number of carbonyl (C=O) groups is 3. The predicted molar refractivity (Wildman–Crippen MR) is 106 cm³/mol. The van der Waals surface area contributed by atoms with Crippen LogP contribution >= 0.6 is 0 Å². The van der Waals surface area contributed by atoms with Gasteiger partial charge in [-0.3, -0.25) is 4.79 Å². The van der Waals surface area contributed by atoms with Crippen LogP contribution < -0.4 is 5.32 Å². The second-order valence-electron chi connectivity index (χ2n) is 10.2. The summed E-state index contributed by atoms with van der Waals surface area (Å²) in [7, 11) is 0. The molecule has 4 aliphatic carbocycles. The van der Waals surface area contributed by atoms with E-state index in [0.717, 1.165) is 32.1 Å². The number of amides is 2. The molecule has 0 spiro atoms. The van der Waals surface area contributed by atoms with Crippen LogP contribution in [-0.2, 0) is 14.3 Å². The lowest BCUT2D eigenvalue weighted by atomic mass is 9.47. The third-order valence-corrected chi connectivity index (χ3v) is 7.49. The lowest BCUT2D eigenvalue weighted by molar-refractivity contribution is -0.160. The van der Waals surface area contributed by atoms with Crippen molar-refractivity contribution in [2.75, 3.05) is 19.7 Å². The van der Waals surface area contributed by atoms with E-state index in [4.69, 9.17) is 9.47 Å². The summed E-state index contributed by atoms with van der Waals surface area (Å²) in [5, 5.41) is 2.84. The fourth-order valence-corrected chi connectivity index (χ4v) is 6.29. The highest BCUT2D eigenvalue weighted by molar-refractivity contribution is 5.83. The normalized spacial score (nSPS) is 37.7. The second-order valence-corrected chi connectivity index (χ2v) is 10.2. The zero-order valence-corrected chi connectivity index (χ0v) is 17.8. The predicted octanol–water partition coefficient (Wildman–Crippen LogP) is 3.36. The van der Waals surface area contributed by atoms with Gasteiger partial charge in [-0.2, -0.15) is 0 Å². The van der Waals surface area contributed by atoms with Gasteiger partial charge < -0.3 is 19.7 Å². The molecule has 29 heavy (non-hydrogen) atoms. The molecule has 1 aliphatic heterocycles. The SMILES string of the molecule is CC(=O)C12CC3CC(C1)C(OC(=O)N1CC[C@@H](NC(=O)OCC(C)C)C1)C(C3)C2. The maximum atomic E-state index is 12.8. The third-order valence-electron chi connectivity index (χ3n) is 7.49. The van der Waals surface area contributed by atoms with E-state index < -0.39 is 6.09 Å². The minimum atomic E-state index is -0.422. The van der Waals surface area contributed by atoms with Crippen molar-refractivity contribution in [3.63, 3.8) is 0 Å². The van der Waals surface area contributed by atoms with Crippen molar-refractivity contribution in [2.24, 2.45) is 29.1 Å². The van der Waals surface area contributed by atoms with Gasteiger partial charge in [0.1, 0.15) is 11.9 Å². The largest absolute Gasteiger partial charge is 0.449 e. The standard InChI is InChI=1S/C22H34N2O5/c1-13(2)12-28-20(26)23-18-4-5-24(11-18)21(27)29-19-16-6-15-7-17(19)10-22(8-15,9-16)14(3)25/h13,15-19H,4-12H2,1-3H3,(H,23,26)/t15?,16?,17?,18-,19?,22?/m1/s1. The first-order valence-corrected chi connectivity index (χ1v) is 11.2. The fourth-order valence-electron chi connectivity index (χ4n) is 6.29. The van der Waals surface area contributed by atoms with Gasteiger partial charge in [0.2, 0.25) is 0 Å². The van der Waals surface area contributed by atoms with Gasteiger partial charge in [0.05, 0.1) is 12.6 Å². The Labute approximate surface area is 172 Å². The average Bonchev–Trinajstić information content (AvgIpc) is 3.10. The molecule has 0 aromatic carbocycles. The summed E-state index contributed by atoms with van der Waals surface area (Å²) in [6.45, 7) is 7.13. The van der Waals surface area contributed by atoms with Crippen molar-refractivity contribution in [3.05, 3.63) is 0 Å². The highest BCUT2D eigenvalue weighted by atomic mass is 16.6. The molecule has 1 N–H and O–H groups in total. The Bertz CT molecular complexity index is 662. The van der Waals surface area contributed by atoms with Crippen LogP contribution in [-0.4, -0.2) is 54.7 Å². The van der Waals surface area contributed by atoms with Gasteiger partial charge in [-0.25, -0.2) is 9.59 Å². The van der Waals surface area contributed by atoms with Gasteiger partial charge in [0, 0.05) is 18.5 Å². The Morgan fingerprint density at radius 3 is 2.45 bits per heavy atom. The molecule has 1 heterocycles. The van der Waals surface area contributed by atoms with E-state index in [2.05, 4.69) is 5.32 Å². The Morgan fingerprint density at radius 2 is 1.83 bits per heavy atom. The van der Waals surface area contributed by atoms with Gasteiger partial charge in [-0.1, -0.05) is 13.8 Å². The molecule has 0 radical (unpaired) electrons. The van der Waals surface area contributed by atoms with Crippen LogP contribution in [0.4, 0.5) is 9.59 Å². The minimum Gasteiger partial charge on any atom is -0.449 e.